The molecule has 96 valence electrons. The Hall–Kier alpha value is -1.43. The summed E-state index contributed by atoms with van der Waals surface area (Å²) in [6.07, 6.45) is 0.956. The predicted octanol–water partition coefficient (Wildman–Crippen LogP) is 2.33. The Morgan fingerprint density at radius 1 is 1.39 bits per heavy atom. The molecule has 0 bridgehead atoms. The van der Waals surface area contributed by atoms with Gasteiger partial charge in [0, 0.05) is 29.0 Å². The average molecular weight is 312 g/mol. The minimum atomic E-state index is -0.321. The second kappa shape index (κ2) is 5.95. The molecule has 5 nitrogen and oxygen atoms in total. The summed E-state index contributed by atoms with van der Waals surface area (Å²) in [4.78, 5) is 16.5. The first-order valence-corrected chi connectivity index (χ1v) is 6.59. The number of benzene rings is 1. The van der Waals surface area contributed by atoms with Gasteiger partial charge in [-0.15, -0.1) is 0 Å². The lowest BCUT2D eigenvalue weighted by atomic mass is 10.2. The summed E-state index contributed by atoms with van der Waals surface area (Å²) < 4.78 is 1.03. The first kappa shape index (κ1) is 13.0. The van der Waals surface area contributed by atoms with Gasteiger partial charge in [0.05, 0.1) is 0 Å². The Kier molecular flexibility index (Phi) is 4.30. The fraction of sp³-hybridized carbons (Fsp3) is 0.417. The molecule has 1 aromatic carbocycles. The normalized spacial score (nSPS) is 15.4. The summed E-state index contributed by atoms with van der Waals surface area (Å²) in [6, 6.07) is 7.98. The van der Waals surface area contributed by atoms with Crippen LogP contribution in [0.1, 0.15) is 12.0 Å². The standard InChI is InChI=1S/C12H14BrN3O2/c13-11-4-2-10(3-5-11)8-15-7-1-6-14-12(15)9-16(17)18/h2-5H,1,6-9H2. The van der Waals surface area contributed by atoms with Gasteiger partial charge in [0.1, 0.15) is 0 Å². The van der Waals surface area contributed by atoms with Gasteiger partial charge >= 0.3 is 0 Å². The maximum absolute atomic E-state index is 10.6. The van der Waals surface area contributed by atoms with Gasteiger partial charge in [0.2, 0.25) is 0 Å². The minimum absolute atomic E-state index is 0.184. The molecule has 0 radical (unpaired) electrons. The van der Waals surface area contributed by atoms with E-state index in [1.54, 1.807) is 0 Å². The van der Waals surface area contributed by atoms with E-state index in [1.807, 2.05) is 29.2 Å². The molecule has 0 unspecified atom stereocenters. The van der Waals surface area contributed by atoms with Gasteiger partial charge < -0.3 is 4.90 Å². The quantitative estimate of drug-likeness (QED) is 0.633. The van der Waals surface area contributed by atoms with E-state index < -0.39 is 0 Å². The molecule has 0 aromatic heterocycles. The Morgan fingerprint density at radius 2 is 2.11 bits per heavy atom. The molecule has 0 aliphatic carbocycles. The Labute approximate surface area is 114 Å². The van der Waals surface area contributed by atoms with Crippen LogP contribution in [0.15, 0.2) is 33.7 Å². The largest absolute Gasteiger partial charge is 0.350 e. The molecule has 0 spiro atoms. The summed E-state index contributed by atoms with van der Waals surface area (Å²) in [5.74, 6) is 0.592. The van der Waals surface area contributed by atoms with Crippen molar-refractivity contribution in [2.75, 3.05) is 19.6 Å². The molecule has 0 amide bonds. The van der Waals surface area contributed by atoms with Gasteiger partial charge in [0.15, 0.2) is 5.84 Å². The van der Waals surface area contributed by atoms with Crippen molar-refractivity contribution in [2.45, 2.75) is 13.0 Å². The zero-order valence-corrected chi connectivity index (χ0v) is 11.5. The van der Waals surface area contributed by atoms with E-state index >= 15 is 0 Å². The van der Waals surface area contributed by atoms with Crippen molar-refractivity contribution >= 4 is 21.8 Å². The minimum Gasteiger partial charge on any atom is -0.350 e. The molecule has 0 fully saturated rings. The number of nitrogens with zero attached hydrogens (tertiary/aromatic N) is 3. The van der Waals surface area contributed by atoms with E-state index in [0.29, 0.717) is 18.9 Å². The summed E-state index contributed by atoms with van der Waals surface area (Å²) in [5, 5.41) is 10.6. The van der Waals surface area contributed by atoms with Crippen LogP contribution in [-0.2, 0) is 6.54 Å². The topological polar surface area (TPSA) is 58.7 Å². The lowest BCUT2D eigenvalue weighted by Gasteiger charge is -2.27. The van der Waals surface area contributed by atoms with E-state index in [1.165, 1.54) is 0 Å². The maximum Gasteiger partial charge on any atom is 0.260 e. The Morgan fingerprint density at radius 3 is 2.78 bits per heavy atom. The van der Waals surface area contributed by atoms with Gasteiger partial charge in [-0.3, -0.25) is 15.1 Å². The molecule has 2 rings (SSSR count). The summed E-state index contributed by atoms with van der Waals surface area (Å²) in [5.41, 5.74) is 1.14. The molecule has 18 heavy (non-hydrogen) atoms. The van der Waals surface area contributed by atoms with Crippen LogP contribution in [0.25, 0.3) is 0 Å². The third kappa shape index (κ3) is 3.53. The van der Waals surface area contributed by atoms with Crippen LogP contribution >= 0.6 is 15.9 Å². The van der Waals surface area contributed by atoms with Gasteiger partial charge in [-0.2, -0.15) is 0 Å². The molecule has 0 N–H and O–H groups in total. The average Bonchev–Trinajstić information content (AvgIpc) is 2.34. The summed E-state index contributed by atoms with van der Waals surface area (Å²) >= 11 is 3.39. The highest BCUT2D eigenvalue weighted by molar-refractivity contribution is 9.10. The SMILES string of the molecule is O=[N+]([O-])CC1=NCCCN1Cc1ccc(Br)cc1. The highest BCUT2D eigenvalue weighted by atomic mass is 79.9. The smallest absolute Gasteiger partial charge is 0.260 e. The van der Waals surface area contributed by atoms with Crippen molar-refractivity contribution in [3.05, 3.63) is 44.4 Å². The molecule has 1 aromatic rings. The Balaban J connectivity index is 2.06. The molecular weight excluding hydrogens is 298 g/mol. The van der Waals surface area contributed by atoms with E-state index in [0.717, 1.165) is 23.0 Å². The van der Waals surface area contributed by atoms with Crippen LogP contribution < -0.4 is 0 Å². The number of nitro groups is 1. The number of rotatable bonds is 4. The third-order valence-corrected chi connectivity index (χ3v) is 3.33. The van der Waals surface area contributed by atoms with Crippen LogP contribution in [0.2, 0.25) is 0 Å². The monoisotopic (exact) mass is 311 g/mol. The third-order valence-electron chi connectivity index (χ3n) is 2.80. The van der Waals surface area contributed by atoms with Crippen molar-refractivity contribution in [3.8, 4) is 0 Å². The fourth-order valence-electron chi connectivity index (χ4n) is 1.94. The lowest BCUT2D eigenvalue weighted by molar-refractivity contribution is -0.464. The van der Waals surface area contributed by atoms with E-state index in [-0.39, 0.29) is 11.5 Å². The van der Waals surface area contributed by atoms with E-state index in [4.69, 9.17) is 0 Å². The number of aliphatic imine (C=N–C) groups is 1. The molecule has 0 saturated heterocycles. The fourth-order valence-corrected chi connectivity index (χ4v) is 2.21. The van der Waals surface area contributed by atoms with Crippen molar-refractivity contribution in [1.82, 2.24) is 4.90 Å². The number of amidine groups is 1. The zero-order valence-electron chi connectivity index (χ0n) is 9.88. The Bertz CT molecular complexity index is 459. The lowest BCUT2D eigenvalue weighted by Crippen LogP contribution is -2.39. The molecule has 0 saturated carbocycles. The van der Waals surface area contributed by atoms with E-state index in [9.17, 15) is 10.1 Å². The van der Waals surface area contributed by atoms with Crippen LogP contribution in [-0.4, -0.2) is 35.3 Å². The molecule has 0 atom stereocenters. The van der Waals surface area contributed by atoms with Crippen molar-refractivity contribution < 1.29 is 4.92 Å². The van der Waals surface area contributed by atoms with Crippen LogP contribution in [0.4, 0.5) is 0 Å². The van der Waals surface area contributed by atoms with Crippen molar-refractivity contribution in [2.24, 2.45) is 4.99 Å². The molecule has 6 heteroatoms. The highest BCUT2D eigenvalue weighted by Gasteiger charge is 2.19. The second-order valence-electron chi connectivity index (χ2n) is 4.19. The van der Waals surface area contributed by atoms with Gasteiger partial charge in [-0.25, -0.2) is 0 Å². The number of hydrogen-bond acceptors (Lipinski definition) is 4. The number of hydrogen-bond donors (Lipinski definition) is 0. The first-order chi connectivity index (χ1) is 8.65. The second-order valence-corrected chi connectivity index (χ2v) is 5.11. The van der Waals surface area contributed by atoms with Crippen LogP contribution in [0.5, 0.6) is 0 Å². The van der Waals surface area contributed by atoms with Gasteiger partial charge in [0.25, 0.3) is 6.54 Å². The van der Waals surface area contributed by atoms with Crippen LogP contribution in [0, 0.1) is 10.1 Å². The highest BCUT2D eigenvalue weighted by Crippen LogP contribution is 2.14. The maximum atomic E-state index is 10.6. The first-order valence-electron chi connectivity index (χ1n) is 5.79. The summed E-state index contributed by atoms with van der Waals surface area (Å²) in [6.45, 7) is 2.03. The molecule has 1 aliphatic rings. The van der Waals surface area contributed by atoms with Crippen LogP contribution in [0.3, 0.4) is 0 Å². The van der Waals surface area contributed by atoms with Crippen molar-refractivity contribution in [1.29, 1.82) is 0 Å². The molecule has 1 heterocycles. The predicted molar refractivity (Wildman–Crippen MR) is 73.3 cm³/mol. The van der Waals surface area contributed by atoms with Gasteiger partial charge in [-0.05, 0) is 24.1 Å². The summed E-state index contributed by atoms with van der Waals surface area (Å²) in [7, 11) is 0. The molecule has 1 aliphatic heterocycles. The van der Waals surface area contributed by atoms with Crippen molar-refractivity contribution in [3.63, 3.8) is 0 Å². The molecular formula is C12H14BrN3O2. The van der Waals surface area contributed by atoms with Gasteiger partial charge in [-0.1, -0.05) is 28.1 Å². The van der Waals surface area contributed by atoms with E-state index in [2.05, 4.69) is 20.9 Å². The zero-order chi connectivity index (χ0) is 13.0. The number of halogens is 1.